The first-order valence-corrected chi connectivity index (χ1v) is 7.61. The van der Waals surface area contributed by atoms with E-state index in [4.69, 9.17) is 10.0 Å². The molecule has 0 radical (unpaired) electrons. The molecule has 0 nitrogen and oxygen atoms in total. The van der Waals surface area contributed by atoms with Gasteiger partial charge in [0, 0.05) is 0 Å². The van der Waals surface area contributed by atoms with E-state index in [-0.39, 0.29) is 65.7 Å². The second-order valence-electron chi connectivity index (χ2n) is 2.81. The van der Waals surface area contributed by atoms with Crippen LogP contribution in [-0.4, -0.2) is 65.7 Å². The summed E-state index contributed by atoms with van der Waals surface area (Å²) in [4.78, 5) is 0. The summed E-state index contributed by atoms with van der Waals surface area (Å²) in [6.07, 6.45) is 8.43. The van der Waals surface area contributed by atoms with E-state index in [1.165, 1.54) is 43.8 Å². The van der Waals surface area contributed by atoms with Gasteiger partial charge in [0.1, 0.15) is 0 Å². The summed E-state index contributed by atoms with van der Waals surface area (Å²) >= 11 is -0.153. The molecule has 0 aliphatic heterocycles. The van der Waals surface area contributed by atoms with Crippen molar-refractivity contribution in [2.75, 3.05) is 0 Å². The van der Waals surface area contributed by atoms with E-state index in [0.717, 1.165) is 0 Å². The monoisotopic (exact) mass is 216 g/mol. The molecule has 0 saturated carbocycles. The number of hydrogen-bond acceptors (Lipinski definition) is 0. The van der Waals surface area contributed by atoms with Crippen molar-refractivity contribution in [1.29, 1.82) is 0 Å². The molecule has 0 heterocycles. The Labute approximate surface area is 124 Å². The number of hydrogen-bond donors (Lipinski definition) is 0. The molecule has 62 valence electrons. The van der Waals surface area contributed by atoms with Gasteiger partial charge >= 0.3 is 65.7 Å². The van der Waals surface area contributed by atoms with Crippen molar-refractivity contribution in [3.8, 4) is 0 Å². The second kappa shape index (κ2) is 15.0. The van der Waals surface area contributed by atoms with Gasteiger partial charge < -0.3 is 0 Å². The fourth-order valence-corrected chi connectivity index (χ4v) is 2.16. The van der Waals surface area contributed by atoms with Gasteiger partial charge in [-0.15, -0.1) is 0 Å². The van der Waals surface area contributed by atoms with Crippen LogP contribution in [0.5, 0.6) is 0 Å². The standard InChI is InChI=1S/C8H17.Al.ClH.K.2H/c1-3-5-7-8-6-4-2;;;;;/h1,3-8H2,2H3;;1H;;;/q;+1;;;;/p-1. The van der Waals surface area contributed by atoms with Gasteiger partial charge in [-0.1, -0.05) is 50.7 Å². The maximum atomic E-state index is 5.68. The Morgan fingerprint density at radius 1 is 1.00 bits per heavy atom. The third-order valence-electron chi connectivity index (χ3n) is 1.74. The van der Waals surface area contributed by atoms with Crippen LogP contribution >= 0.6 is 10.0 Å². The number of unbranched alkanes of at least 4 members (excludes halogenated alkanes) is 5. The average molecular weight is 217 g/mol. The van der Waals surface area contributed by atoms with E-state index in [9.17, 15) is 0 Å². The zero-order valence-electron chi connectivity index (χ0n) is 7.03. The van der Waals surface area contributed by atoms with Crippen LogP contribution in [0.4, 0.5) is 0 Å². The zero-order chi connectivity index (χ0) is 7.66. The van der Waals surface area contributed by atoms with Crippen LogP contribution in [0, 0.1) is 0 Å². The number of rotatable bonds is 7. The molecule has 0 fully saturated rings. The van der Waals surface area contributed by atoms with Crippen molar-refractivity contribution in [2.45, 2.75) is 50.7 Å². The van der Waals surface area contributed by atoms with Crippen LogP contribution in [0.25, 0.3) is 0 Å². The van der Waals surface area contributed by atoms with Crippen molar-refractivity contribution in [3.05, 3.63) is 0 Å². The molecule has 0 aromatic rings. The molecule has 0 bridgehead atoms. The Morgan fingerprint density at radius 3 is 2.09 bits per heavy atom. The summed E-state index contributed by atoms with van der Waals surface area (Å²) in [7, 11) is 5.68. The van der Waals surface area contributed by atoms with Crippen molar-refractivity contribution >= 4 is 75.7 Å². The fraction of sp³-hybridized carbons (Fsp3) is 1.00. The summed E-state index contributed by atoms with van der Waals surface area (Å²) in [6.45, 7) is 2.26. The third kappa shape index (κ3) is 15.2. The molecule has 0 N–H and O–H groups in total. The summed E-state index contributed by atoms with van der Waals surface area (Å²) in [5, 5.41) is 1.34. The van der Waals surface area contributed by atoms with Crippen LogP contribution in [0.3, 0.4) is 0 Å². The Kier molecular flexibility index (Phi) is 21.6. The van der Waals surface area contributed by atoms with Gasteiger partial charge in [0.2, 0.25) is 0 Å². The molecular weight excluding hydrogens is 198 g/mol. The molecule has 0 unspecified atom stereocenters. The summed E-state index contributed by atoms with van der Waals surface area (Å²) in [5.41, 5.74) is 0. The molecule has 3 heteroatoms. The van der Waals surface area contributed by atoms with Crippen LogP contribution < -0.4 is 0 Å². The molecule has 11 heavy (non-hydrogen) atoms. The Balaban J connectivity index is 0. The Hall–Kier alpha value is 2.46. The van der Waals surface area contributed by atoms with Gasteiger partial charge in [0.05, 0.1) is 0 Å². The van der Waals surface area contributed by atoms with Gasteiger partial charge in [0.15, 0.2) is 0 Å². The first-order valence-electron chi connectivity index (χ1n) is 4.47. The quantitative estimate of drug-likeness (QED) is 0.454. The molecule has 0 aromatic carbocycles. The van der Waals surface area contributed by atoms with Crippen molar-refractivity contribution < 1.29 is 0 Å². The first-order chi connectivity index (χ1) is 4.91. The van der Waals surface area contributed by atoms with Gasteiger partial charge in [-0.25, -0.2) is 0 Å². The van der Waals surface area contributed by atoms with Gasteiger partial charge in [-0.05, 0) is 0 Å². The first kappa shape index (κ1) is 15.9. The minimum atomic E-state index is -0.153. The molecule has 0 rings (SSSR count). The topological polar surface area (TPSA) is 0 Å². The third-order valence-corrected chi connectivity index (χ3v) is 3.31. The Morgan fingerprint density at radius 2 is 1.55 bits per heavy atom. The molecule has 0 aliphatic carbocycles. The summed E-state index contributed by atoms with van der Waals surface area (Å²) in [5.74, 6) is 0. The molecule has 0 aliphatic rings. The average Bonchev–Trinajstić information content (AvgIpc) is 1.97. The number of halogens is 1. The van der Waals surface area contributed by atoms with E-state index in [2.05, 4.69) is 6.92 Å². The van der Waals surface area contributed by atoms with E-state index >= 15 is 0 Å². The molecule has 0 atom stereocenters. The van der Waals surface area contributed by atoms with Crippen LogP contribution in [0.15, 0.2) is 0 Å². The van der Waals surface area contributed by atoms with Crippen LogP contribution in [0.1, 0.15) is 45.4 Å². The molecular formula is C8H19AlClK. The molecule has 0 amide bonds. The minimum absolute atomic E-state index is 0. The van der Waals surface area contributed by atoms with E-state index in [0.29, 0.717) is 0 Å². The maximum absolute atomic E-state index is 5.68. The fourth-order valence-electron chi connectivity index (χ4n) is 1.05. The normalized spacial score (nSPS) is 8.91. The van der Waals surface area contributed by atoms with Crippen molar-refractivity contribution in [3.63, 3.8) is 0 Å². The predicted molar refractivity (Wildman–Crippen MR) is 58.3 cm³/mol. The van der Waals surface area contributed by atoms with Gasteiger partial charge in [-0.3, -0.25) is 10.0 Å². The zero-order valence-corrected chi connectivity index (χ0v) is 9.20. The van der Waals surface area contributed by atoms with Crippen LogP contribution in [0.2, 0.25) is 5.28 Å². The SMILES string of the molecule is CCCCCCC[CH2][AlH][Cl].[KH]. The second-order valence-corrected chi connectivity index (χ2v) is 5.03. The van der Waals surface area contributed by atoms with Crippen molar-refractivity contribution in [2.24, 2.45) is 0 Å². The molecule has 0 spiro atoms. The van der Waals surface area contributed by atoms with E-state index in [1.807, 2.05) is 0 Å². The van der Waals surface area contributed by atoms with Crippen LogP contribution in [-0.2, 0) is 0 Å². The van der Waals surface area contributed by atoms with Gasteiger partial charge in [0.25, 0.3) is 0 Å². The van der Waals surface area contributed by atoms with E-state index < -0.39 is 0 Å². The molecule has 0 saturated heterocycles. The van der Waals surface area contributed by atoms with Gasteiger partial charge in [-0.2, -0.15) is 0 Å². The molecule has 0 aromatic heterocycles. The summed E-state index contributed by atoms with van der Waals surface area (Å²) < 4.78 is 0. The summed E-state index contributed by atoms with van der Waals surface area (Å²) in [6, 6.07) is 0. The van der Waals surface area contributed by atoms with E-state index in [1.54, 1.807) is 0 Å². The Bertz CT molecular complexity index is 54.1. The van der Waals surface area contributed by atoms with Crippen molar-refractivity contribution in [1.82, 2.24) is 0 Å². The predicted octanol–water partition coefficient (Wildman–Crippen LogP) is 2.71.